The number of amides is 1. The van der Waals surface area contributed by atoms with Gasteiger partial charge in [-0.1, -0.05) is 30.3 Å². The standard InChI is InChI=1S/C28H24F2N2O5/c1-2-37-22-10-6-4-8-20(22)26(34)32-18-13-11-17(12-14-18)25(33)23(27(35)36)24-19-7-3-5-9-21(19)31-16-15-28(24,29)30/h3-14,31H,2,15-16H2,1H3,(H,32,34)(H,35,36). The van der Waals surface area contributed by atoms with Crippen LogP contribution in [-0.4, -0.2) is 41.8 Å². The van der Waals surface area contributed by atoms with E-state index in [9.17, 15) is 19.5 Å². The van der Waals surface area contributed by atoms with Gasteiger partial charge >= 0.3 is 5.97 Å². The van der Waals surface area contributed by atoms with Crippen LogP contribution in [0.4, 0.5) is 20.2 Å². The number of anilines is 2. The van der Waals surface area contributed by atoms with Crippen LogP contribution in [0, 0.1) is 0 Å². The molecule has 4 rings (SSSR count). The normalized spacial score (nSPS) is 15.4. The molecule has 0 radical (unpaired) electrons. The number of ether oxygens (including phenoxy) is 1. The number of carboxylic acids is 1. The van der Waals surface area contributed by atoms with Crippen LogP contribution in [0.3, 0.4) is 0 Å². The molecule has 1 aliphatic heterocycles. The first-order valence-corrected chi connectivity index (χ1v) is 11.6. The third-order valence-corrected chi connectivity index (χ3v) is 5.84. The van der Waals surface area contributed by atoms with Crippen molar-refractivity contribution in [3.8, 4) is 5.75 Å². The SMILES string of the molecule is CCOc1ccccc1C(=O)Nc1ccc(C(=O)C(C(=O)O)=C2c3ccccc3NCCC2(F)F)cc1. The third kappa shape index (κ3) is 5.35. The van der Waals surface area contributed by atoms with Crippen LogP contribution in [-0.2, 0) is 4.79 Å². The van der Waals surface area contributed by atoms with E-state index in [1.807, 2.05) is 0 Å². The second-order valence-corrected chi connectivity index (χ2v) is 8.27. The molecule has 3 aromatic rings. The maximum atomic E-state index is 15.2. The van der Waals surface area contributed by atoms with E-state index in [-0.39, 0.29) is 17.7 Å². The first-order valence-electron chi connectivity index (χ1n) is 11.6. The molecule has 3 N–H and O–H groups in total. The quantitative estimate of drug-likeness (QED) is 0.169. The fourth-order valence-electron chi connectivity index (χ4n) is 4.15. The first-order chi connectivity index (χ1) is 17.7. The fourth-order valence-corrected chi connectivity index (χ4v) is 4.15. The first kappa shape index (κ1) is 25.6. The maximum absolute atomic E-state index is 15.2. The van der Waals surface area contributed by atoms with Crippen molar-refractivity contribution < 1.29 is 33.0 Å². The number of nitrogens with one attached hydrogen (secondary N) is 2. The van der Waals surface area contributed by atoms with Crippen molar-refractivity contribution in [2.45, 2.75) is 19.3 Å². The number of aliphatic carboxylic acids is 1. The van der Waals surface area contributed by atoms with Crippen molar-refractivity contribution in [2.24, 2.45) is 0 Å². The van der Waals surface area contributed by atoms with E-state index >= 15 is 8.78 Å². The van der Waals surface area contributed by atoms with E-state index in [4.69, 9.17) is 4.74 Å². The molecule has 1 aliphatic rings. The number of alkyl halides is 2. The summed E-state index contributed by atoms with van der Waals surface area (Å²) >= 11 is 0. The molecule has 0 unspecified atom stereocenters. The van der Waals surface area contributed by atoms with E-state index in [0.29, 0.717) is 29.3 Å². The molecular formula is C28H24F2N2O5. The zero-order chi connectivity index (χ0) is 26.6. The van der Waals surface area contributed by atoms with E-state index in [0.717, 1.165) is 0 Å². The summed E-state index contributed by atoms with van der Waals surface area (Å²) < 4.78 is 35.8. The minimum absolute atomic E-state index is 0.0346. The highest BCUT2D eigenvalue weighted by molar-refractivity contribution is 6.29. The summed E-state index contributed by atoms with van der Waals surface area (Å²) in [5.41, 5.74) is -1.00. The molecule has 37 heavy (non-hydrogen) atoms. The Hall–Kier alpha value is -4.53. The molecule has 0 bridgehead atoms. The average Bonchev–Trinajstić information content (AvgIpc) is 3.00. The molecule has 0 atom stereocenters. The van der Waals surface area contributed by atoms with Gasteiger partial charge in [0.2, 0.25) is 5.78 Å². The van der Waals surface area contributed by atoms with E-state index in [2.05, 4.69) is 10.6 Å². The Balaban J connectivity index is 1.67. The molecule has 0 aliphatic carbocycles. The number of hydrogen-bond donors (Lipinski definition) is 3. The number of carbonyl (C=O) groups excluding carboxylic acids is 2. The number of Topliss-reactive ketones (excluding diaryl/α,β-unsaturated/α-hetero) is 1. The van der Waals surface area contributed by atoms with Crippen molar-refractivity contribution in [1.82, 2.24) is 0 Å². The number of carboxylic acid groups (broad SMARTS) is 1. The van der Waals surface area contributed by atoms with Crippen LogP contribution < -0.4 is 15.4 Å². The molecule has 0 aromatic heterocycles. The number of ketones is 1. The van der Waals surface area contributed by atoms with Gasteiger partial charge in [0.15, 0.2) is 0 Å². The van der Waals surface area contributed by atoms with Gasteiger partial charge in [-0.15, -0.1) is 0 Å². The Morgan fingerprint density at radius 2 is 1.68 bits per heavy atom. The summed E-state index contributed by atoms with van der Waals surface area (Å²) in [6.07, 6.45) is -0.671. The molecule has 0 fully saturated rings. The Morgan fingerprint density at radius 1 is 1.00 bits per heavy atom. The van der Waals surface area contributed by atoms with Gasteiger partial charge in [-0.25, -0.2) is 13.6 Å². The van der Waals surface area contributed by atoms with Crippen LogP contribution in [0.25, 0.3) is 5.57 Å². The zero-order valence-electron chi connectivity index (χ0n) is 19.9. The second-order valence-electron chi connectivity index (χ2n) is 8.27. The molecule has 9 heteroatoms. The van der Waals surface area contributed by atoms with Crippen LogP contribution in [0.2, 0.25) is 0 Å². The number of benzene rings is 3. The molecule has 0 spiro atoms. The zero-order valence-corrected chi connectivity index (χ0v) is 19.9. The van der Waals surface area contributed by atoms with Gasteiger partial charge in [-0.3, -0.25) is 9.59 Å². The van der Waals surface area contributed by atoms with Gasteiger partial charge in [-0.2, -0.15) is 0 Å². The predicted molar refractivity (Wildman–Crippen MR) is 135 cm³/mol. The lowest BCUT2D eigenvalue weighted by Crippen LogP contribution is -2.26. The number of halogens is 2. The van der Waals surface area contributed by atoms with Gasteiger partial charge in [0.25, 0.3) is 11.8 Å². The van der Waals surface area contributed by atoms with E-state index in [1.54, 1.807) is 43.3 Å². The number of fused-ring (bicyclic) bond motifs is 1. The largest absolute Gasteiger partial charge is 0.493 e. The number of allylic oxidation sites excluding steroid dienone is 1. The molecular weight excluding hydrogens is 482 g/mol. The molecule has 190 valence electrons. The second kappa shape index (κ2) is 10.6. The lowest BCUT2D eigenvalue weighted by atomic mass is 9.88. The molecule has 0 saturated carbocycles. The highest BCUT2D eigenvalue weighted by Gasteiger charge is 2.43. The minimum atomic E-state index is -3.55. The van der Waals surface area contributed by atoms with Gasteiger partial charge in [0.1, 0.15) is 11.3 Å². The van der Waals surface area contributed by atoms with Gasteiger partial charge in [0, 0.05) is 41.0 Å². The average molecular weight is 507 g/mol. The van der Waals surface area contributed by atoms with Crippen LogP contribution >= 0.6 is 0 Å². The summed E-state index contributed by atoms with van der Waals surface area (Å²) in [5, 5.41) is 15.4. The Labute approximate surface area is 211 Å². The topological polar surface area (TPSA) is 105 Å². The summed E-state index contributed by atoms with van der Waals surface area (Å²) in [7, 11) is 0. The van der Waals surface area contributed by atoms with Crippen molar-refractivity contribution in [1.29, 1.82) is 0 Å². The van der Waals surface area contributed by atoms with Crippen molar-refractivity contribution >= 4 is 34.6 Å². The molecule has 1 heterocycles. The van der Waals surface area contributed by atoms with Gasteiger partial charge in [-0.05, 0) is 49.4 Å². The maximum Gasteiger partial charge on any atom is 0.340 e. The number of hydrogen-bond acceptors (Lipinski definition) is 5. The summed E-state index contributed by atoms with van der Waals surface area (Å²) in [5.74, 6) is -6.39. The summed E-state index contributed by atoms with van der Waals surface area (Å²) in [6, 6.07) is 18.1. The van der Waals surface area contributed by atoms with Crippen LogP contribution in [0.5, 0.6) is 5.75 Å². The monoisotopic (exact) mass is 506 g/mol. The predicted octanol–water partition coefficient (Wildman–Crippen LogP) is 5.51. The number of rotatable bonds is 7. The lowest BCUT2D eigenvalue weighted by Gasteiger charge is -2.20. The highest BCUT2D eigenvalue weighted by Crippen LogP contribution is 2.43. The van der Waals surface area contributed by atoms with E-state index < -0.39 is 41.1 Å². The van der Waals surface area contributed by atoms with E-state index in [1.165, 1.54) is 36.4 Å². The Morgan fingerprint density at radius 3 is 2.38 bits per heavy atom. The van der Waals surface area contributed by atoms with Crippen molar-refractivity contribution in [2.75, 3.05) is 23.8 Å². The van der Waals surface area contributed by atoms with Crippen molar-refractivity contribution in [3.05, 3.63) is 95.1 Å². The lowest BCUT2D eigenvalue weighted by molar-refractivity contribution is -0.132. The Bertz CT molecular complexity index is 1380. The summed E-state index contributed by atoms with van der Waals surface area (Å²) in [6.45, 7) is 2.09. The smallest absolute Gasteiger partial charge is 0.340 e. The Kier molecular flexibility index (Phi) is 7.33. The van der Waals surface area contributed by atoms with Gasteiger partial charge < -0.3 is 20.5 Å². The number of para-hydroxylation sites is 2. The summed E-state index contributed by atoms with van der Waals surface area (Å²) in [4.78, 5) is 38.2. The van der Waals surface area contributed by atoms with Gasteiger partial charge in [0.05, 0.1) is 12.2 Å². The molecule has 0 saturated heterocycles. The molecule has 1 amide bonds. The fraction of sp³-hybridized carbons (Fsp3) is 0.179. The van der Waals surface area contributed by atoms with Crippen LogP contribution in [0.15, 0.2) is 78.4 Å². The third-order valence-electron chi connectivity index (χ3n) is 5.84. The van der Waals surface area contributed by atoms with Crippen LogP contribution in [0.1, 0.15) is 39.6 Å². The number of carbonyl (C=O) groups is 3. The highest BCUT2D eigenvalue weighted by atomic mass is 19.3. The minimum Gasteiger partial charge on any atom is -0.493 e. The molecule has 3 aromatic carbocycles. The van der Waals surface area contributed by atoms with Crippen molar-refractivity contribution in [3.63, 3.8) is 0 Å². The molecule has 7 nitrogen and oxygen atoms in total.